The Morgan fingerprint density at radius 3 is 2.79 bits per heavy atom. The Hall–Kier alpha value is -1.45. The second-order valence-corrected chi connectivity index (χ2v) is 6.44. The van der Waals surface area contributed by atoms with Crippen LogP contribution in [0.1, 0.15) is 33.6 Å². The largest absolute Gasteiger partial charge is 0.444 e. The van der Waals surface area contributed by atoms with Gasteiger partial charge in [-0.15, -0.1) is 0 Å². The van der Waals surface area contributed by atoms with Gasteiger partial charge in [-0.3, -0.25) is 0 Å². The Morgan fingerprint density at radius 1 is 1.47 bits per heavy atom. The van der Waals surface area contributed by atoms with Gasteiger partial charge in [0, 0.05) is 18.8 Å². The molecule has 2 rings (SSSR count). The lowest BCUT2D eigenvalue weighted by molar-refractivity contribution is 0.0285. The van der Waals surface area contributed by atoms with Crippen LogP contribution in [0.3, 0.4) is 0 Å². The molecule has 1 heterocycles. The Bertz CT molecular complexity index is 407. The highest BCUT2D eigenvalue weighted by Gasteiger charge is 2.33. The van der Waals surface area contributed by atoms with Crippen molar-refractivity contribution in [3.8, 4) is 0 Å². The van der Waals surface area contributed by atoms with Crippen LogP contribution in [0, 0.1) is 11.8 Å². The summed E-state index contributed by atoms with van der Waals surface area (Å²) in [5, 5.41) is 0. The molecular weight excluding hydrogens is 240 g/mol. The SMILES string of the molecule is CC(C)(C)OC(=O)N1CCC(C2C=CC(N)=CC2)C1. The van der Waals surface area contributed by atoms with E-state index in [0.29, 0.717) is 11.8 Å². The van der Waals surface area contributed by atoms with Crippen molar-refractivity contribution in [3.63, 3.8) is 0 Å². The van der Waals surface area contributed by atoms with Crippen molar-refractivity contribution in [2.75, 3.05) is 13.1 Å². The van der Waals surface area contributed by atoms with E-state index in [-0.39, 0.29) is 6.09 Å². The molecule has 2 atom stereocenters. The second kappa shape index (κ2) is 5.27. The topological polar surface area (TPSA) is 55.6 Å². The molecule has 4 nitrogen and oxygen atoms in total. The lowest BCUT2D eigenvalue weighted by Gasteiger charge is -2.25. The zero-order chi connectivity index (χ0) is 14.0. The summed E-state index contributed by atoms with van der Waals surface area (Å²) in [5.74, 6) is 1.02. The van der Waals surface area contributed by atoms with E-state index in [9.17, 15) is 4.79 Å². The summed E-state index contributed by atoms with van der Waals surface area (Å²) in [6.45, 7) is 7.28. The predicted molar refractivity (Wildman–Crippen MR) is 75.4 cm³/mol. The maximum atomic E-state index is 12.0. The summed E-state index contributed by atoms with van der Waals surface area (Å²) >= 11 is 0. The number of nitrogens with two attached hydrogens (primary N) is 1. The van der Waals surface area contributed by atoms with Gasteiger partial charge in [-0.05, 0) is 51.5 Å². The number of amides is 1. The van der Waals surface area contributed by atoms with Crippen LogP contribution in [-0.4, -0.2) is 29.7 Å². The standard InChI is InChI=1S/C15H24N2O2/c1-15(2,3)19-14(18)17-9-8-12(10-17)11-4-6-13(16)7-5-11/h4,6-7,11-12H,5,8-10,16H2,1-3H3. The highest BCUT2D eigenvalue weighted by molar-refractivity contribution is 5.68. The van der Waals surface area contributed by atoms with E-state index in [0.717, 1.165) is 31.6 Å². The third-order valence-electron chi connectivity index (χ3n) is 3.64. The van der Waals surface area contributed by atoms with Crippen LogP contribution in [0.4, 0.5) is 4.79 Å². The first kappa shape index (κ1) is 14.0. The molecule has 4 heteroatoms. The van der Waals surface area contributed by atoms with Crippen molar-refractivity contribution >= 4 is 6.09 Å². The Morgan fingerprint density at radius 2 is 2.21 bits per heavy atom. The van der Waals surface area contributed by atoms with Crippen LogP contribution in [0.15, 0.2) is 23.9 Å². The first-order chi connectivity index (χ1) is 8.85. The van der Waals surface area contributed by atoms with Crippen LogP contribution in [0.2, 0.25) is 0 Å². The number of rotatable bonds is 1. The first-order valence-corrected chi connectivity index (χ1v) is 6.97. The Kier molecular flexibility index (Phi) is 3.88. The van der Waals surface area contributed by atoms with Gasteiger partial charge in [-0.2, -0.15) is 0 Å². The van der Waals surface area contributed by atoms with E-state index >= 15 is 0 Å². The van der Waals surface area contributed by atoms with Crippen LogP contribution in [0.25, 0.3) is 0 Å². The summed E-state index contributed by atoms with van der Waals surface area (Å²) in [4.78, 5) is 13.8. The van der Waals surface area contributed by atoms with Gasteiger partial charge in [0.2, 0.25) is 0 Å². The molecule has 2 unspecified atom stereocenters. The van der Waals surface area contributed by atoms with Gasteiger partial charge in [-0.25, -0.2) is 4.79 Å². The summed E-state index contributed by atoms with van der Waals surface area (Å²) in [6, 6.07) is 0. The number of likely N-dealkylation sites (tertiary alicyclic amines) is 1. The Labute approximate surface area is 115 Å². The molecule has 0 aromatic carbocycles. The first-order valence-electron chi connectivity index (χ1n) is 6.97. The van der Waals surface area contributed by atoms with Gasteiger partial charge < -0.3 is 15.4 Å². The fourth-order valence-corrected chi connectivity index (χ4v) is 2.63. The van der Waals surface area contributed by atoms with Crippen molar-refractivity contribution < 1.29 is 9.53 Å². The normalized spacial score (nSPS) is 27.3. The molecular formula is C15H24N2O2. The molecule has 106 valence electrons. The average Bonchev–Trinajstić information content (AvgIpc) is 2.77. The molecule has 1 fully saturated rings. The number of carbonyl (C=O) groups is 1. The summed E-state index contributed by atoms with van der Waals surface area (Å²) in [5.41, 5.74) is 6.16. The molecule has 0 aromatic rings. The smallest absolute Gasteiger partial charge is 0.410 e. The highest BCUT2D eigenvalue weighted by atomic mass is 16.6. The van der Waals surface area contributed by atoms with Crippen LogP contribution in [0.5, 0.6) is 0 Å². The number of allylic oxidation sites excluding steroid dienone is 3. The molecule has 1 amide bonds. The number of hydrogen-bond acceptors (Lipinski definition) is 3. The summed E-state index contributed by atoms with van der Waals surface area (Å²) < 4.78 is 5.41. The van der Waals surface area contributed by atoms with Crippen molar-refractivity contribution in [2.24, 2.45) is 17.6 Å². The van der Waals surface area contributed by atoms with Crippen LogP contribution < -0.4 is 5.73 Å². The quantitative estimate of drug-likeness (QED) is 0.792. The minimum atomic E-state index is -0.420. The third-order valence-corrected chi connectivity index (χ3v) is 3.64. The van der Waals surface area contributed by atoms with E-state index in [2.05, 4.69) is 12.2 Å². The minimum absolute atomic E-state index is 0.190. The lowest BCUT2D eigenvalue weighted by atomic mass is 9.86. The molecule has 2 aliphatic rings. The van der Waals surface area contributed by atoms with Gasteiger partial charge >= 0.3 is 6.09 Å². The number of carbonyl (C=O) groups excluding carboxylic acids is 1. The van der Waals surface area contributed by atoms with Gasteiger partial charge in [-0.1, -0.05) is 12.2 Å². The zero-order valence-corrected chi connectivity index (χ0v) is 12.1. The van der Waals surface area contributed by atoms with E-state index in [4.69, 9.17) is 10.5 Å². The molecule has 1 aliphatic carbocycles. The fourth-order valence-electron chi connectivity index (χ4n) is 2.63. The molecule has 0 saturated carbocycles. The van der Waals surface area contributed by atoms with E-state index in [1.165, 1.54) is 0 Å². The van der Waals surface area contributed by atoms with Gasteiger partial charge in [0.25, 0.3) is 0 Å². The van der Waals surface area contributed by atoms with Crippen molar-refractivity contribution in [3.05, 3.63) is 23.9 Å². The lowest BCUT2D eigenvalue weighted by Crippen LogP contribution is -2.35. The van der Waals surface area contributed by atoms with Crippen LogP contribution >= 0.6 is 0 Å². The van der Waals surface area contributed by atoms with Crippen LogP contribution in [-0.2, 0) is 4.74 Å². The number of hydrogen-bond donors (Lipinski definition) is 1. The second-order valence-electron chi connectivity index (χ2n) is 6.44. The molecule has 0 radical (unpaired) electrons. The third kappa shape index (κ3) is 3.75. The molecule has 0 bridgehead atoms. The van der Waals surface area contributed by atoms with Gasteiger partial charge in [0.1, 0.15) is 5.60 Å². The molecule has 19 heavy (non-hydrogen) atoms. The van der Waals surface area contributed by atoms with E-state index in [1.807, 2.05) is 31.7 Å². The minimum Gasteiger partial charge on any atom is -0.444 e. The van der Waals surface area contributed by atoms with Crippen molar-refractivity contribution in [1.29, 1.82) is 0 Å². The molecule has 0 spiro atoms. The van der Waals surface area contributed by atoms with Gasteiger partial charge in [0.05, 0.1) is 0 Å². The molecule has 0 aromatic heterocycles. The Balaban J connectivity index is 1.87. The van der Waals surface area contributed by atoms with Gasteiger partial charge in [0.15, 0.2) is 0 Å². The monoisotopic (exact) mass is 264 g/mol. The average molecular weight is 264 g/mol. The highest BCUT2D eigenvalue weighted by Crippen LogP contribution is 2.30. The maximum absolute atomic E-state index is 12.0. The summed E-state index contributed by atoms with van der Waals surface area (Å²) in [6.07, 6.45) is 8.06. The van der Waals surface area contributed by atoms with Crippen molar-refractivity contribution in [2.45, 2.75) is 39.2 Å². The van der Waals surface area contributed by atoms with E-state index in [1.54, 1.807) is 0 Å². The fraction of sp³-hybridized carbons (Fsp3) is 0.667. The predicted octanol–water partition coefficient (Wildman–Crippen LogP) is 2.66. The maximum Gasteiger partial charge on any atom is 0.410 e. The molecule has 1 aliphatic heterocycles. The van der Waals surface area contributed by atoms with E-state index < -0.39 is 5.60 Å². The summed E-state index contributed by atoms with van der Waals surface area (Å²) in [7, 11) is 0. The molecule has 2 N–H and O–H groups in total. The number of ether oxygens (including phenoxy) is 1. The number of nitrogens with zero attached hydrogens (tertiary/aromatic N) is 1. The zero-order valence-electron chi connectivity index (χ0n) is 12.1. The molecule has 1 saturated heterocycles. The van der Waals surface area contributed by atoms with Crippen molar-refractivity contribution in [1.82, 2.24) is 4.90 Å².